The van der Waals surface area contributed by atoms with Crippen molar-refractivity contribution < 1.29 is 4.52 Å². The van der Waals surface area contributed by atoms with Crippen molar-refractivity contribution in [1.82, 2.24) is 5.16 Å². The van der Waals surface area contributed by atoms with E-state index in [1.165, 1.54) is 0 Å². The number of fused-ring (bicyclic) bond motifs is 1. The molecule has 0 unspecified atom stereocenters. The molecule has 0 atom stereocenters. The first-order chi connectivity index (χ1) is 7.31. The standard InChI is InChI=1S/C11H7ClN2O/c12-8-4-3-7(5-13)11-9(8)10(14-15-11)6-1-2-6/h3-4,6H,1-2H2. The van der Waals surface area contributed by atoms with Crippen LogP contribution >= 0.6 is 11.6 Å². The molecule has 1 aromatic carbocycles. The molecular weight excluding hydrogens is 212 g/mol. The molecule has 3 rings (SSSR count). The summed E-state index contributed by atoms with van der Waals surface area (Å²) in [5.41, 5.74) is 1.92. The van der Waals surface area contributed by atoms with Gasteiger partial charge < -0.3 is 4.52 Å². The Morgan fingerprint density at radius 3 is 2.93 bits per heavy atom. The van der Waals surface area contributed by atoms with Crippen molar-refractivity contribution in [3.8, 4) is 6.07 Å². The van der Waals surface area contributed by atoms with Gasteiger partial charge in [-0.25, -0.2) is 0 Å². The third kappa shape index (κ3) is 1.22. The lowest BCUT2D eigenvalue weighted by atomic mass is 10.1. The van der Waals surface area contributed by atoms with Crippen LogP contribution in [0.5, 0.6) is 0 Å². The second-order valence-electron chi connectivity index (χ2n) is 3.75. The Morgan fingerprint density at radius 2 is 2.27 bits per heavy atom. The molecule has 1 heterocycles. The van der Waals surface area contributed by atoms with Crippen LogP contribution in [0, 0.1) is 11.3 Å². The molecule has 1 aliphatic carbocycles. The third-order valence-electron chi connectivity index (χ3n) is 2.68. The minimum absolute atomic E-state index is 0.470. The van der Waals surface area contributed by atoms with E-state index in [0.717, 1.165) is 23.9 Å². The minimum Gasteiger partial charge on any atom is -0.355 e. The van der Waals surface area contributed by atoms with E-state index >= 15 is 0 Å². The van der Waals surface area contributed by atoms with Gasteiger partial charge in [-0.2, -0.15) is 5.26 Å². The fourth-order valence-electron chi connectivity index (χ4n) is 1.76. The molecule has 0 amide bonds. The van der Waals surface area contributed by atoms with E-state index in [2.05, 4.69) is 11.2 Å². The van der Waals surface area contributed by atoms with Crippen molar-refractivity contribution in [1.29, 1.82) is 5.26 Å². The number of aromatic nitrogens is 1. The molecule has 1 fully saturated rings. The van der Waals surface area contributed by atoms with Crippen molar-refractivity contribution in [3.63, 3.8) is 0 Å². The Morgan fingerprint density at radius 1 is 1.47 bits per heavy atom. The van der Waals surface area contributed by atoms with Gasteiger partial charge in [-0.1, -0.05) is 16.8 Å². The van der Waals surface area contributed by atoms with Crippen LogP contribution in [0.4, 0.5) is 0 Å². The molecule has 15 heavy (non-hydrogen) atoms. The van der Waals surface area contributed by atoms with Crippen LogP contribution in [0.15, 0.2) is 16.7 Å². The summed E-state index contributed by atoms with van der Waals surface area (Å²) in [7, 11) is 0. The monoisotopic (exact) mass is 218 g/mol. The molecule has 3 nitrogen and oxygen atoms in total. The van der Waals surface area contributed by atoms with Crippen molar-refractivity contribution in [3.05, 3.63) is 28.4 Å². The van der Waals surface area contributed by atoms with Gasteiger partial charge in [0.15, 0.2) is 5.58 Å². The Hall–Kier alpha value is -1.53. The molecule has 0 radical (unpaired) electrons. The number of nitriles is 1. The quantitative estimate of drug-likeness (QED) is 0.738. The zero-order valence-corrected chi connectivity index (χ0v) is 8.58. The van der Waals surface area contributed by atoms with Crippen LogP contribution in [0.1, 0.15) is 30.0 Å². The van der Waals surface area contributed by atoms with Crippen molar-refractivity contribution in [2.45, 2.75) is 18.8 Å². The topological polar surface area (TPSA) is 49.8 Å². The molecule has 1 aliphatic rings. The number of hydrogen-bond donors (Lipinski definition) is 0. The highest BCUT2D eigenvalue weighted by molar-refractivity contribution is 6.35. The van der Waals surface area contributed by atoms with Crippen LogP contribution in [-0.2, 0) is 0 Å². The zero-order chi connectivity index (χ0) is 10.4. The van der Waals surface area contributed by atoms with E-state index in [0.29, 0.717) is 22.1 Å². The van der Waals surface area contributed by atoms with Gasteiger partial charge in [0.2, 0.25) is 0 Å². The molecule has 0 bridgehead atoms. The van der Waals surface area contributed by atoms with Crippen LogP contribution < -0.4 is 0 Å². The fraction of sp³-hybridized carbons (Fsp3) is 0.273. The van der Waals surface area contributed by atoms with Gasteiger partial charge >= 0.3 is 0 Å². The minimum atomic E-state index is 0.470. The lowest BCUT2D eigenvalue weighted by Gasteiger charge is -1.95. The number of halogens is 1. The van der Waals surface area contributed by atoms with E-state index in [1.807, 2.05) is 0 Å². The van der Waals surface area contributed by atoms with Crippen molar-refractivity contribution >= 4 is 22.6 Å². The maximum Gasteiger partial charge on any atom is 0.186 e. The van der Waals surface area contributed by atoms with Gasteiger partial charge in [0.25, 0.3) is 0 Å². The highest BCUT2D eigenvalue weighted by Gasteiger charge is 2.30. The molecule has 0 N–H and O–H groups in total. The predicted molar refractivity (Wildman–Crippen MR) is 55.7 cm³/mol. The summed E-state index contributed by atoms with van der Waals surface area (Å²) in [6.45, 7) is 0. The molecule has 1 saturated carbocycles. The largest absolute Gasteiger partial charge is 0.355 e. The summed E-state index contributed by atoms with van der Waals surface area (Å²) in [6, 6.07) is 5.46. The van der Waals surface area contributed by atoms with Gasteiger partial charge in [-0.15, -0.1) is 0 Å². The van der Waals surface area contributed by atoms with Crippen LogP contribution in [0.25, 0.3) is 11.0 Å². The van der Waals surface area contributed by atoms with E-state index < -0.39 is 0 Å². The van der Waals surface area contributed by atoms with E-state index in [-0.39, 0.29) is 0 Å². The Labute approximate surface area is 91.2 Å². The van der Waals surface area contributed by atoms with E-state index in [1.54, 1.807) is 12.1 Å². The fourth-order valence-corrected chi connectivity index (χ4v) is 2.00. The summed E-state index contributed by atoms with van der Waals surface area (Å²) < 4.78 is 5.20. The zero-order valence-electron chi connectivity index (χ0n) is 7.83. The molecular formula is C11H7ClN2O. The molecule has 1 aromatic heterocycles. The maximum atomic E-state index is 8.91. The lowest BCUT2D eigenvalue weighted by molar-refractivity contribution is 0.446. The third-order valence-corrected chi connectivity index (χ3v) is 3.00. The second kappa shape index (κ2) is 2.98. The van der Waals surface area contributed by atoms with Crippen LogP contribution in [0.3, 0.4) is 0 Å². The summed E-state index contributed by atoms with van der Waals surface area (Å²) in [4.78, 5) is 0. The second-order valence-corrected chi connectivity index (χ2v) is 4.16. The van der Waals surface area contributed by atoms with Crippen molar-refractivity contribution in [2.24, 2.45) is 0 Å². The first kappa shape index (κ1) is 8.75. The number of benzene rings is 1. The SMILES string of the molecule is N#Cc1ccc(Cl)c2c(C3CC3)noc12. The van der Waals surface area contributed by atoms with E-state index in [4.69, 9.17) is 21.4 Å². The first-order valence-electron chi connectivity index (χ1n) is 4.79. The number of rotatable bonds is 1. The molecule has 4 heteroatoms. The van der Waals surface area contributed by atoms with Gasteiger partial charge in [0, 0.05) is 5.92 Å². The average molecular weight is 219 g/mol. The smallest absolute Gasteiger partial charge is 0.186 e. The highest BCUT2D eigenvalue weighted by atomic mass is 35.5. The molecule has 0 aliphatic heterocycles. The summed E-state index contributed by atoms with van der Waals surface area (Å²) in [5, 5.41) is 14.4. The average Bonchev–Trinajstić information content (AvgIpc) is 2.99. The summed E-state index contributed by atoms with van der Waals surface area (Å²) in [6.07, 6.45) is 2.27. The Kier molecular flexibility index (Phi) is 1.74. The Balaban J connectivity index is 2.37. The Bertz CT molecular complexity index is 578. The normalized spacial score (nSPS) is 15.5. The number of nitrogens with zero attached hydrogens (tertiary/aromatic N) is 2. The van der Waals surface area contributed by atoms with Crippen LogP contribution in [0.2, 0.25) is 5.02 Å². The maximum absolute atomic E-state index is 8.91. The molecule has 0 spiro atoms. The first-order valence-corrected chi connectivity index (χ1v) is 5.17. The summed E-state index contributed by atoms with van der Waals surface area (Å²) in [5.74, 6) is 0.470. The predicted octanol–water partition coefficient (Wildman–Crippen LogP) is 3.23. The van der Waals surface area contributed by atoms with E-state index in [9.17, 15) is 0 Å². The lowest BCUT2D eigenvalue weighted by Crippen LogP contribution is -1.81. The van der Waals surface area contributed by atoms with Gasteiger partial charge in [0.05, 0.1) is 21.7 Å². The molecule has 2 aromatic rings. The van der Waals surface area contributed by atoms with Gasteiger partial charge in [-0.3, -0.25) is 0 Å². The van der Waals surface area contributed by atoms with Gasteiger partial charge in [0.1, 0.15) is 6.07 Å². The van der Waals surface area contributed by atoms with Crippen molar-refractivity contribution in [2.75, 3.05) is 0 Å². The summed E-state index contributed by atoms with van der Waals surface area (Å²) >= 11 is 6.09. The number of hydrogen-bond acceptors (Lipinski definition) is 3. The molecule has 74 valence electrons. The van der Waals surface area contributed by atoms with Gasteiger partial charge in [-0.05, 0) is 25.0 Å². The van der Waals surface area contributed by atoms with Crippen LogP contribution in [-0.4, -0.2) is 5.16 Å². The highest BCUT2D eigenvalue weighted by Crippen LogP contribution is 2.44. The molecule has 0 saturated heterocycles.